The molecule has 1 atom stereocenters. The van der Waals surface area contributed by atoms with Crippen molar-refractivity contribution < 1.29 is 4.79 Å². The molecule has 0 N–H and O–H groups in total. The van der Waals surface area contributed by atoms with Gasteiger partial charge in [-0.25, -0.2) is 0 Å². The van der Waals surface area contributed by atoms with Gasteiger partial charge in [0, 0.05) is 22.7 Å². The average Bonchev–Trinajstić information content (AvgIpc) is 2.75. The number of carbonyl (C=O) groups excluding carboxylic acids is 1. The molecule has 1 amide bonds. The van der Waals surface area contributed by atoms with E-state index in [1.807, 2.05) is 37.3 Å². The minimum Gasteiger partial charge on any atom is -0.314 e. The van der Waals surface area contributed by atoms with E-state index in [2.05, 4.69) is 6.07 Å². The highest BCUT2D eigenvalue weighted by Gasteiger charge is 2.37. The number of nitrogens with zero attached hydrogens (tertiary/aromatic N) is 2. The first-order chi connectivity index (χ1) is 10.1. The Kier molecular flexibility index (Phi) is 3.40. The van der Waals surface area contributed by atoms with E-state index in [1.165, 1.54) is 0 Å². The summed E-state index contributed by atoms with van der Waals surface area (Å²) in [4.78, 5) is 14.2. The number of carbonyl (C=O) groups is 1. The van der Waals surface area contributed by atoms with Gasteiger partial charge in [-0.2, -0.15) is 5.26 Å². The monoisotopic (exact) mass is 296 g/mol. The Bertz CT molecular complexity index is 746. The molecule has 0 aromatic heterocycles. The highest BCUT2D eigenvalue weighted by atomic mass is 35.5. The Morgan fingerprint density at radius 2 is 1.95 bits per heavy atom. The maximum Gasteiger partial charge on any atom is 0.256 e. The molecular formula is C17H13ClN2O. The molecular weight excluding hydrogens is 284 g/mol. The molecule has 0 saturated carbocycles. The van der Waals surface area contributed by atoms with Crippen LogP contribution >= 0.6 is 11.6 Å². The molecule has 1 aliphatic rings. The van der Waals surface area contributed by atoms with Crippen LogP contribution in [0.4, 0.5) is 0 Å². The normalized spacial score (nSPS) is 16.7. The summed E-state index contributed by atoms with van der Waals surface area (Å²) in [5.41, 5.74) is 3.34. The van der Waals surface area contributed by atoms with Gasteiger partial charge in [0.1, 0.15) is 6.04 Å². The molecule has 0 aliphatic carbocycles. The molecule has 0 bridgehead atoms. The van der Waals surface area contributed by atoms with Crippen LogP contribution in [0.15, 0.2) is 42.5 Å². The first-order valence-corrected chi connectivity index (χ1v) is 7.04. The molecule has 0 saturated heterocycles. The van der Waals surface area contributed by atoms with Gasteiger partial charge >= 0.3 is 0 Å². The van der Waals surface area contributed by atoms with Crippen molar-refractivity contribution in [2.75, 3.05) is 0 Å². The first kappa shape index (κ1) is 13.7. The van der Waals surface area contributed by atoms with Crippen LogP contribution in [0.3, 0.4) is 0 Å². The molecule has 0 radical (unpaired) electrons. The van der Waals surface area contributed by atoms with E-state index in [0.717, 1.165) is 16.7 Å². The number of amides is 1. The van der Waals surface area contributed by atoms with Crippen LogP contribution in [0, 0.1) is 18.3 Å². The van der Waals surface area contributed by atoms with Crippen LogP contribution in [0.1, 0.15) is 33.1 Å². The third-order valence-corrected chi connectivity index (χ3v) is 4.03. The largest absolute Gasteiger partial charge is 0.314 e. The minimum atomic E-state index is -0.525. The van der Waals surface area contributed by atoms with E-state index in [4.69, 9.17) is 11.6 Å². The van der Waals surface area contributed by atoms with Crippen LogP contribution in [-0.2, 0) is 6.54 Å². The Morgan fingerprint density at radius 3 is 2.62 bits per heavy atom. The molecule has 3 rings (SSSR count). The smallest absolute Gasteiger partial charge is 0.256 e. The summed E-state index contributed by atoms with van der Waals surface area (Å²) in [7, 11) is 0. The third kappa shape index (κ3) is 2.28. The van der Waals surface area contributed by atoms with E-state index in [1.54, 1.807) is 17.0 Å². The number of fused-ring (bicyclic) bond motifs is 1. The van der Waals surface area contributed by atoms with Gasteiger partial charge in [-0.3, -0.25) is 4.79 Å². The summed E-state index contributed by atoms with van der Waals surface area (Å²) in [5.74, 6) is -0.0791. The molecule has 0 spiro atoms. The Balaban J connectivity index is 1.97. The molecule has 0 fully saturated rings. The van der Waals surface area contributed by atoms with Crippen molar-refractivity contribution in [1.29, 1.82) is 5.26 Å². The van der Waals surface area contributed by atoms with Gasteiger partial charge in [0.15, 0.2) is 0 Å². The van der Waals surface area contributed by atoms with Crippen LogP contribution in [0.2, 0.25) is 5.02 Å². The fraction of sp³-hybridized carbons (Fsp3) is 0.176. The molecule has 21 heavy (non-hydrogen) atoms. The fourth-order valence-corrected chi connectivity index (χ4v) is 2.85. The SMILES string of the molecule is Cc1cccc2c1C(=O)N(Cc1ccc(Cl)cc1)C2C#N. The van der Waals surface area contributed by atoms with Gasteiger partial charge in [-0.1, -0.05) is 41.9 Å². The second kappa shape index (κ2) is 5.23. The standard InChI is InChI=1S/C17H13ClN2O/c1-11-3-2-4-14-15(9-19)20(17(21)16(11)14)10-12-5-7-13(18)8-6-12/h2-8,15H,10H2,1H3. The van der Waals surface area contributed by atoms with E-state index in [-0.39, 0.29) is 5.91 Å². The van der Waals surface area contributed by atoms with Gasteiger partial charge in [-0.05, 0) is 30.2 Å². The lowest BCUT2D eigenvalue weighted by molar-refractivity contribution is 0.0744. The summed E-state index contributed by atoms with van der Waals surface area (Å²) in [6.07, 6.45) is 0. The summed E-state index contributed by atoms with van der Waals surface area (Å²) in [6.45, 7) is 2.30. The number of hydrogen-bond acceptors (Lipinski definition) is 2. The summed E-state index contributed by atoms with van der Waals surface area (Å²) < 4.78 is 0. The first-order valence-electron chi connectivity index (χ1n) is 6.66. The molecule has 2 aromatic carbocycles. The zero-order valence-corrected chi connectivity index (χ0v) is 12.3. The zero-order valence-electron chi connectivity index (χ0n) is 11.5. The van der Waals surface area contributed by atoms with Crippen LogP contribution in [-0.4, -0.2) is 10.8 Å². The number of hydrogen-bond donors (Lipinski definition) is 0. The molecule has 1 heterocycles. The number of aryl methyl sites for hydroxylation is 1. The number of rotatable bonds is 2. The summed E-state index contributed by atoms with van der Waals surface area (Å²) in [5, 5.41) is 10.1. The van der Waals surface area contributed by atoms with Crippen molar-refractivity contribution in [2.24, 2.45) is 0 Å². The highest BCUT2D eigenvalue weighted by molar-refractivity contribution is 6.30. The van der Waals surface area contributed by atoms with Gasteiger partial charge < -0.3 is 4.90 Å². The quantitative estimate of drug-likeness (QED) is 0.844. The molecule has 2 aromatic rings. The molecule has 3 nitrogen and oxygen atoms in total. The number of nitriles is 1. The van der Waals surface area contributed by atoms with Crippen LogP contribution < -0.4 is 0 Å². The van der Waals surface area contributed by atoms with Gasteiger partial charge in [0.2, 0.25) is 0 Å². The lowest BCUT2D eigenvalue weighted by Gasteiger charge is -2.20. The van der Waals surface area contributed by atoms with Crippen molar-refractivity contribution in [1.82, 2.24) is 4.90 Å². The Morgan fingerprint density at radius 1 is 1.24 bits per heavy atom. The van der Waals surface area contributed by atoms with E-state index < -0.39 is 6.04 Å². The Hall–Kier alpha value is -2.31. The molecule has 104 valence electrons. The van der Waals surface area contributed by atoms with E-state index in [9.17, 15) is 10.1 Å². The predicted molar refractivity (Wildman–Crippen MR) is 80.9 cm³/mol. The second-order valence-corrected chi connectivity index (χ2v) is 5.57. The fourth-order valence-electron chi connectivity index (χ4n) is 2.73. The number of benzene rings is 2. The van der Waals surface area contributed by atoms with Crippen molar-refractivity contribution in [3.63, 3.8) is 0 Å². The maximum absolute atomic E-state index is 12.6. The van der Waals surface area contributed by atoms with E-state index >= 15 is 0 Å². The van der Waals surface area contributed by atoms with Gasteiger partial charge in [0.05, 0.1) is 6.07 Å². The average molecular weight is 297 g/mol. The second-order valence-electron chi connectivity index (χ2n) is 5.13. The summed E-state index contributed by atoms with van der Waals surface area (Å²) >= 11 is 5.87. The molecule has 1 unspecified atom stereocenters. The third-order valence-electron chi connectivity index (χ3n) is 3.77. The molecule has 1 aliphatic heterocycles. The van der Waals surface area contributed by atoms with E-state index in [0.29, 0.717) is 17.1 Å². The van der Waals surface area contributed by atoms with Crippen molar-refractivity contribution >= 4 is 17.5 Å². The zero-order chi connectivity index (χ0) is 15.0. The van der Waals surface area contributed by atoms with Gasteiger partial charge in [0.25, 0.3) is 5.91 Å². The van der Waals surface area contributed by atoms with Crippen molar-refractivity contribution in [2.45, 2.75) is 19.5 Å². The Labute approximate surface area is 128 Å². The number of halogens is 1. The highest BCUT2D eigenvalue weighted by Crippen LogP contribution is 2.36. The van der Waals surface area contributed by atoms with Gasteiger partial charge in [-0.15, -0.1) is 0 Å². The topological polar surface area (TPSA) is 44.1 Å². The lowest BCUT2D eigenvalue weighted by Crippen LogP contribution is -2.27. The van der Waals surface area contributed by atoms with Crippen molar-refractivity contribution in [3.8, 4) is 6.07 Å². The summed E-state index contributed by atoms with van der Waals surface area (Å²) in [6, 6.07) is 14.7. The minimum absolute atomic E-state index is 0.0791. The predicted octanol–water partition coefficient (Wildman–Crippen LogP) is 3.87. The van der Waals surface area contributed by atoms with Crippen LogP contribution in [0.5, 0.6) is 0 Å². The van der Waals surface area contributed by atoms with Crippen molar-refractivity contribution in [3.05, 3.63) is 69.7 Å². The maximum atomic E-state index is 12.6. The lowest BCUT2D eigenvalue weighted by atomic mass is 10.0. The van der Waals surface area contributed by atoms with Crippen LogP contribution in [0.25, 0.3) is 0 Å². The molecule has 4 heteroatoms.